The van der Waals surface area contributed by atoms with E-state index in [0.29, 0.717) is 31.0 Å². The number of nitrogens with zero attached hydrogens (tertiary/aromatic N) is 1. The van der Waals surface area contributed by atoms with Crippen LogP contribution in [0.25, 0.3) is 6.08 Å². The Hall–Kier alpha value is -1.81. The van der Waals surface area contributed by atoms with Gasteiger partial charge in [-0.3, -0.25) is 9.59 Å². The molecule has 1 aliphatic rings. The molecule has 0 aliphatic carbocycles. The first-order valence-electron chi connectivity index (χ1n) is 7.32. The molecule has 0 atom stereocenters. The fourth-order valence-corrected chi connectivity index (χ4v) is 2.68. The third-order valence-electron chi connectivity index (χ3n) is 3.96. The van der Waals surface area contributed by atoms with Gasteiger partial charge >= 0.3 is 5.97 Å². The lowest BCUT2D eigenvalue weighted by atomic mass is 9.97. The second-order valence-electron chi connectivity index (χ2n) is 5.46. The summed E-state index contributed by atoms with van der Waals surface area (Å²) in [4.78, 5) is 25.4. The number of carbonyl (C=O) groups excluding carboxylic acids is 2. The fraction of sp³-hybridized carbons (Fsp3) is 0.412. The van der Waals surface area contributed by atoms with Crippen LogP contribution < -0.4 is 0 Å². The number of likely N-dealkylation sites (tertiary alicyclic amines) is 1. The summed E-state index contributed by atoms with van der Waals surface area (Å²) >= 11 is 6.06. The fourth-order valence-electron chi connectivity index (χ4n) is 2.49. The normalized spacial score (nSPS) is 16.0. The number of amides is 1. The van der Waals surface area contributed by atoms with Gasteiger partial charge < -0.3 is 9.64 Å². The standard InChI is InChI=1S/C17H20ClNO3/c1-12-3-4-13(11-15(12)18)5-6-16(20)19-9-7-14(8-10-19)17(21)22-2/h3-6,11,14H,7-10H2,1-2H3. The molecule has 2 rings (SSSR count). The van der Waals surface area contributed by atoms with Crippen LogP contribution in [0, 0.1) is 12.8 Å². The topological polar surface area (TPSA) is 46.6 Å². The van der Waals surface area contributed by atoms with E-state index < -0.39 is 0 Å². The molecule has 0 unspecified atom stereocenters. The maximum Gasteiger partial charge on any atom is 0.308 e. The average Bonchev–Trinajstić information content (AvgIpc) is 2.55. The lowest BCUT2D eigenvalue weighted by Crippen LogP contribution is -2.39. The van der Waals surface area contributed by atoms with Gasteiger partial charge in [0.25, 0.3) is 0 Å². The number of esters is 1. The van der Waals surface area contributed by atoms with Crippen molar-refractivity contribution in [2.75, 3.05) is 20.2 Å². The lowest BCUT2D eigenvalue weighted by molar-refractivity contribution is -0.148. The molecule has 0 N–H and O–H groups in total. The molecule has 1 aliphatic heterocycles. The first-order valence-corrected chi connectivity index (χ1v) is 7.70. The summed E-state index contributed by atoms with van der Waals surface area (Å²) in [6.45, 7) is 3.10. The first-order chi connectivity index (χ1) is 10.5. The Labute approximate surface area is 135 Å². The van der Waals surface area contributed by atoms with Gasteiger partial charge in [-0.05, 0) is 43.0 Å². The molecule has 22 heavy (non-hydrogen) atoms. The molecule has 118 valence electrons. The second kappa shape index (κ2) is 7.45. The van der Waals surface area contributed by atoms with Gasteiger partial charge in [-0.2, -0.15) is 0 Å². The lowest BCUT2D eigenvalue weighted by Gasteiger charge is -2.29. The van der Waals surface area contributed by atoms with Gasteiger partial charge in [0.1, 0.15) is 0 Å². The molecule has 0 aromatic heterocycles. The summed E-state index contributed by atoms with van der Waals surface area (Å²) in [5, 5.41) is 0.688. The van der Waals surface area contributed by atoms with E-state index in [1.54, 1.807) is 17.1 Å². The molecule has 1 amide bonds. The number of hydrogen-bond acceptors (Lipinski definition) is 3. The van der Waals surface area contributed by atoms with E-state index in [1.165, 1.54) is 7.11 Å². The molecule has 0 saturated carbocycles. The van der Waals surface area contributed by atoms with E-state index >= 15 is 0 Å². The van der Waals surface area contributed by atoms with Crippen LogP contribution >= 0.6 is 11.6 Å². The Balaban J connectivity index is 1.91. The maximum atomic E-state index is 12.2. The number of ether oxygens (including phenoxy) is 1. The summed E-state index contributed by atoms with van der Waals surface area (Å²) in [6, 6.07) is 5.69. The van der Waals surface area contributed by atoms with Crippen molar-refractivity contribution in [1.82, 2.24) is 4.90 Å². The van der Waals surface area contributed by atoms with Crippen molar-refractivity contribution >= 4 is 29.6 Å². The summed E-state index contributed by atoms with van der Waals surface area (Å²) in [5.41, 5.74) is 1.91. The van der Waals surface area contributed by atoms with Crippen LogP contribution in [0.4, 0.5) is 0 Å². The number of halogens is 1. The number of benzene rings is 1. The van der Waals surface area contributed by atoms with Gasteiger partial charge in [0.15, 0.2) is 0 Å². The van der Waals surface area contributed by atoms with Gasteiger partial charge in [0, 0.05) is 24.2 Å². The first kappa shape index (κ1) is 16.6. The molecular weight excluding hydrogens is 302 g/mol. The van der Waals surface area contributed by atoms with Crippen LogP contribution in [0.5, 0.6) is 0 Å². The van der Waals surface area contributed by atoms with Gasteiger partial charge in [0.2, 0.25) is 5.91 Å². The smallest absolute Gasteiger partial charge is 0.308 e. The minimum absolute atomic E-state index is 0.0417. The Morgan fingerprint density at radius 1 is 1.32 bits per heavy atom. The zero-order chi connectivity index (χ0) is 16.1. The number of methoxy groups -OCH3 is 1. The number of piperidine rings is 1. The Morgan fingerprint density at radius 3 is 2.59 bits per heavy atom. The van der Waals surface area contributed by atoms with Gasteiger partial charge in [0.05, 0.1) is 13.0 Å². The maximum absolute atomic E-state index is 12.2. The van der Waals surface area contributed by atoms with Crippen molar-refractivity contribution < 1.29 is 14.3 Å². The van der Waals surface area contributed by atoms with Gasteiger partial charge in [-0.15, -0.1) is 0 Å². The van der Waals surface area contributed by atoms with E-state index in [0.717, 1.165) is 11.1 Å². The highest BCUT2D eigenvalue weighted by Gasteiger charge is 2.26. The van der Waals surface area contributed by atoms with E-state index in [1.807, 2.05) is 25.1 Å². The molecule has 4 nitrogen and oxygen atoms in total. The van der Waals surface area contributed by atoms with Crippen LogP contribution in [0.2, 0.25) is 5.02 Å². The zero-order valence-electron chi connectivity index (χ0n) is 12.8. The number of rotatable bonds is 3. The molecule has 0 spiro atoms. The summed E-state index contributed by atoms with van der Waals surface area (Å²) in [6.07, 6.45) is 4.63. The van der Waals surface area contributed by atoms with Crippen LogP contribution in [0.3, 0.4) is 0 Å². The monoisotopic (exact) mass is 321 g/mol. The molecule has 1 aromatic rings. The predicted octanol–water partition coefficient (Wildman–Crippen LogP) is 3.07. The van der Waals surface area contributed by atoms with Crippen molar-refractivity contribution in [3.8, 4) is 0 Å². The number of hydrogen-bond donors (Lipinski definition) is 0. The van der Waals surface area contributed by atoms with E-state index in [-0.39, 0.29) is 17.8 Å². The molecule has 0 radical (unpaired) electrons. The Bertz CT molecular complexity index is 590. The van der Waals surface area contributed by atoms with E-state index in [9.17, 15) is 9.59 Å². The summed E-state index contributed by atoms with van der Waals surface area (Å²) in [5.74, 6) is -0.314. The van der Waals surface area contributed by atoms with Crippen LogP contribution in [0.15, 0.2) is 24.3 Å². The zero-order valence-corrected chi connectivity index (χ0v) is 13.6. The molecule has 1 aromatic carbocycles. The highest BCUT2D eigenvalue weighted by Crippen LogP contribution is 2.20. The third kappa shape index (κ3) is 4.10. The SMILES string of the molecule is COC(=O)C1CCN(C(=O)C=Cc2ccc(C)c(Cl)c2)CC1. The van der Waals surface area contributed by atoms with Crippen molar-refractivity contribution in [3.05, 3.63) is 40.4 Å². The molecular formula is C17H20ClNO3. The van der Waals surface area contributed by atoms with E-state index in [4.69, 9.17) is 16.3 Å². The molecule has 1 saturated heterocycles. The van der Waals surface area contributed by atoms with Crippen molar-refractivity contribution in [3.63, 3.8) is 0 Å². The number of aryl methyl sites for hydroxylation is 1. The largest absolute Gasteiger partial charge is 0.469 e. The van der Waals surface area contributed by atoms with Crippen LogP contribution in [-0.4, -0.2) is 37.0 Å². The Kier molecular flexibility index (Phi) is 5.61. The Morgan fingerprint density at radius 2 is 2.00 bits per heavy atom. The average molecular weight is 322 g/mol. The van der Waals surface area contributed by atoms with Crippen molar-refractivity contribution in [2.45, 2.75) is 19.8 Å². The highest BCUT2D eigenvalue weighted by atomic mass is 35.5. The van der Waals surface area contributed by atoms with Crippen LogP contribution in [-0.2, 0) is 14.3 Å². The minimum atomic E-state index is -0.183. The second-order valence-corrected chi connectivity index (χ2v) is 5.87. The van der Waals surface area contributed by atoms with Crippen LogP contribution in [0.1, 0.15) is 24.0 Å². The third-order valence-corrected chi connectivity index (χ3v) is 4.36. The van der Waals surface area contributed by atoms with E-state index in [2.05, 4.69) is 0 Å². The summed E-state index contributed by atoms with van der Waals surface area (Å²) < 4.78 is 4.74. The molecule has 0 bridgehead atoms. The summed E-state index contributed by atoms with van der Waals surface area (Å²) in [7, 11) is 1.40. The highest BCUT2D eigenvalue weighted by molar-refractivity contribution is 6.31. The number of carbonyl (C=O) groups is 2. The van der Waals surface area contributed by atoms with Gasteiger partial charge in [-0.25, -0.2) is 0 Å². The van der Waals surface area contributed by atoms with Gasteiger partial charge in [-0.1, -0.05) is 23.7 Å². The van der Waals surface area contributed by atoms with Crippen molar-refractivity contribution in [2.24, 2.45) is 5.92 Å². The predicted molar refractivity (Wildman–Crippen MR) is 86.5 cm³/mol. The molecule has 1 heterocycles. The quantitative estimate of drug-likeness (QED) is 0.635. The minimum Gasteiger partial charge on any atom is -0.469 e. The molecule has 1 fully saturated rings. The van der Waals surface area contributed by atoms with Crippen molar-refractivity contribution in [1.29, 1.82) is 0 Å². The molecule has 5 heteroatoms.